The highest BCUT2D eigenvalue weighted by Crippen LogP contribution is 2.03. The van der Waals surface area contributed by atoms with Crippen molar-refractivity contribution in [3.05, 3.63) is 24.3 Å². The van der Waals surface area contributed by atoms with Gasteiger partial charge in [0.15, 0.2) is 0 Å². The molecule has 1 heterocycles. The molecule has 1 aromatic rings. The molecule has 2 rings (SSSR count). The first-order valence-electron chi connectivity index (χ1n) is 4.45. The number of hydrogen-bond donors (Lipinski definition) is 1. The number of hydrogen-bond acceptors (Lipinski definition) is 3. The van der Waals surface area contributed by atoms with Crippen LogP contribution in [0.2, 0.25) is 0 Å². The van der Waals surface area contributed by atoms with Crippen LogP contribution in [-0.4, -0.2) is 20.3 Å². The Bertz CT molecular complexity index is 269. The van der Waals surface area contributed by atoms with Crippen LogP contribution in [-0.2, 0) is 9.31 Å². The summed E-state index contributed by atoms with van der Waals surface area (Å²) >= 11 is 0. The third-order valence-electron chi connectivity index (χ3n) is 2.04. The van der Waals surface area contributed by atoms with Gasteiger partial charge in [0.25, 0.3) is 0 Å². The Morgan fingerprint density at radius 2 is 1.69 bits per heavy atom. The predicted molar refractivity (Wildman–Crippen MR) is 52.8 cm³/mol. The van der Waals surface area contributed by atoms with Crippen LogP contribution >= 0.6 is 0 Å². The maximum absolute atomic E-state index is 5.57. The fourth-order valence-electron chi connectivity index (χ4n) is 1.33. The lowest BCUT2D eigenvalue weighted by atomic mass is 9.78. The SMILES string of the molecule is Nc1ccc(B2OCCCO2)cc1. The van der Waals surface area contributed by atoms with E-state index in [-0.39, 0.29) is 7.12 Å². The van der Waals surface area contributed by atoms with E-state index in [2.05, 4.69) is 0 Å². The highest BCUT2D eigenvalue weighted by atomic mass is 16.6. The molecule has 1 fully saturated rings. The fourth-order valence-corrected chi connectivity index (χ4v) is 1.33. The predicted octanol–water partition coefficient (Wildman–Crippen LogP) is 0.401. The summed E-state index contributed by atoms with van der Waals surface area (Å²) in [4.78, 5) is 0. The second-order valence-corrected chi connectivity index (χ2v) is 3.09. The van der Waals surface area contributed by atoms with Gasteiger partial charge in [0.1, 0.15) is 0 Å². The van der Waals surface area contributed by atoms with Crippen molar-refractivity contribution in [2.45, 2.75) is 6.42 Å². The quantitative estimate of drug-likeness (QED) is 0.498. The first-order valence-corrected chi connectivity index (χ1v) is 4.45. The lowest BCUT2D eigenvalue weighted by molar-refractivity contribution is 0.143. The molecule has 1 saturated heterocycles. The summed E-state index contributed by atoms with van der Waals surface area (Å²) in [6.07, 6.45) is 0.978. The summed E-state index contributed by atoms with van der Waals surface area (Å²) in [5.74, 6) is 0. The molecule has 1 aliphatic heterocycles. The lowest BCUT2D eigenvalue weighted by Crippen LogP contribution is -2.40. The Morgan fingerprint density at radius 1 is 1.08 bits per heavy atom. The minimum atomic E-state index is -0.200. The molecule has 0 saturated carbocycles. The maximum atomic E-state index is 5.57. The van der Waals surface area contributed by atoms with E-state index in [1.54, 1.807) is 0 Å². The Morgan fingerprint density at radius 3 is 2.31 bits per heavy atom. The van der Waals surface area contributed by atoms with Crippen LogP contribution < -0.4 is 11.2 Å². The number of nitrogen functional groups attached to an aromatic ring is 1. The van der Waals surface area contributed by atoms with Crippen molar-refractivity contribution in [1.29, 1.82) is 0 Å². The molecular weight excluding hydrogens is 165 g/mol. The molecular formula is C9H12BNO2. The zero-order valence-corrected chi connectivity index (χ0v) is 7.40. The first kappa shape index (κ1) is 8.60. The second kappa shape index (κ2) is 3.81. The number of benzene rings is 1. The van der Waals surface area contributed by atoms with Crippen LogP contribution in [0.25, 0.3) is 0 Å². The van der Waals surface area contributed by atoms with Gasteiger partial charge in [0, 0.05) is 18.9 Å². The Labute approximate surface area is 78.0 Å². The van der Waals surface area contributed by atoms with E-state index in [4.69, 9.17) is 15.0 Å². The minimum Gasteiger partial charge on any atom is -0.407 e. The third kappa shape index (κ3) is 2.02. The Balaban J connectivity index is 2.10. The number of rotatable bonds is 1. The van der Waals surface area contributed by atoms with Crippen LogP contribution in [0.3, 0.4) is 0 Å². The second-order valence-electron chi connectivity index (χ2n) is 3.09. The molecule has 68 valence electrons. The molecule has 0 amide bonds. The summed E-state index contributed by atoms with van der Waals surface area (Å²) in [5.41, 5.74) is 7.37. The smallest absolute Gasteiger partial charge is 0.407 e. The van der Waals surface area contributed by atoms with Crippen LogP contribution in [0, 0.1) is 0 Å². The van der Waals surface area contributed by atoms with Crippen molar-refractivity contribution < 1.29 is 9.31 Å². The largest absolute Gasteiger partial charge is 0.493 e. The van der Waals surface area contributed by atoms with Crippen LogP contribution in [0.5, 0.6) is 0 Å². The Kier molecular flexibility index (Phi) is 2.52. The van der Waals surface area contributed by atoms with Crippen molar-refractivity contribution in [2.24, 2.45) is 0 Å². The lowest BCUT2D eigenvalue weighted by Gasteiger charge is -2.19. The molecule has 1 aromatic carbocycles. The topological polar surface area (TPSA) is 44.5 Å². The highest BCUT2D eigenvalue weighted by Gasteiger charge is 2.23. The zero-order chi connectivity index (χ0) is 9.10. The van der Waals surface area contributed by atoms with E-state index in [1.165, 1.54) is 0 Å². The molecule has 0 spiro atoms. The summed E-state index contributed by atoms with van der Waals surface area (Å²) in [7, 11) is -0.200. The summed E-state index contributed by atoms with van der Waals surface area (Å²) in [5, 5.41) is 0. The highest BCUT2D eigenvalue weighted by molar-refractivity contribution is 6.61. The van der Waals surface area contributed by atoms with Crippen LogP contribution in [0.15, 0.2) is 24.3 Å². The van der Waals surface area contributed by atoms with Gasteiger partial charge in [-0.2, -0.15) is 0 Å². The van der Waals surface area contributed by atoms with Gasteiger partial charge in [0.2, 0.25) is 0 Å². The molecule has 0 unspecified atom stereocenters. The van der Waals surface area contributed by atoms with E-state index in [9.17, 15) is 0 Å². The third-order valence-corrected chi connectivity index (χ3v) is 2.04. The average Bonchev–Trinajstić information content (AvgIpc) is 2.20. The molecule has 0 atom stereocenters. The van der Waals surface area contributed by atoms with Gasteiger partial charge in [-0.1, -0.05) is 12.1 Å². The molecule has 0 radical (unpaired) electrons. The summed E-state index contributed by atoms with van der Waals surface area (Å²) < 4.78 is 10.9. The van der Waals surface area contributed by atoms with Gasteiger partial charge in [-0.25, -0.2) is 0 Å². The van der Waals surface area contributed by atoms with Crippen molar-refractivity contribution in [1.82, 2.24) is 0 Å². The van der Waals surface area contributed by atoms with Crippen molar-refractivity contribution in [2.75, 3.05) is 18.9 Å². The molecule has 0 aromatic heterocycles. The van der Waals surface area contributed by atoms with Gasteiger partial charge >= 0.3 is 7.12 Å². The first-order chi connectivity index (χ1) is 6.36. The van der Waals surface area contributed by atoms with Gasteiger partial charge in [-0.05, 0) is 24.0 Å². The number of anilines is 1. The molecule has 0 aliphatic carbocycles. The minimum absolute atomic E-state index is 0.200. The zero-order valence-electron chi connectivity index (χ0n) is 7.40. The molecule has 13 heavy (non-hydrogen) atoms. The fraction of sp³-hybridized carbons (Fsp3) is 0.333. The van der Waals surface area contributed by atoms with Crippen molar-refractivity contribution in [3.63, 3.8) is 0 Å². The van der Waals surface area contributed by atoms with E-state index >= 15 is 0 Å². The Hall–Kier alpha value is -0.995. The van der Waals surface area contributed by atoms with E-state index in [0.717, 1.165) is 30.8 Å². The van der Waals surface area contributed by atoms with E-state index in [0.29, 0.717) is 0 Å². The maximum Gasteiger partial charge on any atom is 0.493 e. The molecule has 4 heteroatoms. The molecule has 3 nitrogen and oxygen atoms in total. The van der Waals surface area contributed by atoms with E-state index in [1.807, 2.05) is 24.3 Å². The average molecular weight is 177 g/mol. The molecule has 0 bridgehead atoms. The van der Waals surface area contributed by atoms with Crippen molar-refractivity contribution in [3.8, 4) is 0 Å². The molecule has 1 aliphatic rings. The number of nitrogens with two attached hydrogens (primary N) is 1. The van der Waals surface area contributed by atoms with Crippen LogP contribution in [0.4, 0.5) is 5.69 Å². The van der Waals surface area contributed by atoms with Gasteiger partial charge in [-0.3, -0.25) is 0 Å². The monoisotopic (exact) mass is 177 g/mol. The standard InChI is InChI=1S/C9H12BNO2/c11-9-4-2-8(3-5-9)10-12-6-1-7-13-10/h2-5H,1,6-7,11H2. The van der Waals surface area contributed by atoms with Gasteiger partial charge in [0.05, 0.1) is 0 Å². The van der Waals surface area contributed by atoms with Gasteiger partial charge in [-0.15, -0.1) is 0 Å². The van der Waals surface area contributed by atoms with Crippen molar-refractivity contribution >= 4 is 18.3 Å². The van der Waals surface area contributed by atoms with Gasteiger partial charge < -0.3 is 15.0 Å². The van der Waals surface area contributed by atoms with Crippen LogP contribution in [0.1, 0.15) is 6.42 Å². The summed E-state index contributed by atoms with van der Waals surface area (Å²) in [6, 6.07) is 7.59. The molecule has 2 N–H and O–H groups in total. The summed E-state index contributed by atoms with van der Waals surface area (Å²) in [6.45, 7) is 1.55. The normalized spacial score (nSPS) is 17.4. The van der Waals surface area contributed by atoms with E-state index < -0.39 is 0 Å².